The molecule has 10 heteroatoms. The molecule has 4 aliphatic heterocycles. The van der Waals surface area contributed by atoms with Crippen LogP contribution in [0.2, 0.25) is 0 Å². The molecular formula is C32H31FeN4O5. The molecular weight excluding hydrogens is 576 g/mol. The van der Waals surface area contributed by atoms with E-state index in [1.54, 1.807) is 12.2 Å². The maximum atomic E-state index is 13.5. The molecule has 0 N–H and O–H groups in total. The van der Waals surface area contributed by atoms with Gasteiger partial charge in [-0.15, -0.1) is 10.7 Å². The Labute approximate surface area is 255 Å². The molecule has 0 fully saturated rings. The van der Waals surface area contributed by atoms with Gasteiger partial charge in [0.05, 0.1) is 28.5 Å². The minimum Gasteiger partial charge on any atom is -0.873 e. The number of fused-ring (bicyclic) bond motifs is 5. The van der Waals surface area contributed by atoms with Crippen LogP contribution in [0, 0.1) is 19.3 Å². The zero-order valence-corrected chi connectivity index (χ0v) is 25.4. The van der Waals surface area contributed by atoms with Gasteiger partial charge in [-0.3, -0.25) is 4.99 Å². The summed E-state index contributed by atoms with van der Waals surface area (Å²) in [5.74, 6) is -2.50. The van der Waals surface area contributed by atoms with E-state index in [0.717, 1.165) is 33.2 Å². The molecule has 5 heterocycles. The van der Waals surface area contributed by atoms with Crippen LogP contribution in [-0.2, 0) is 26.7 Å². The SMILES string of the molecule is CC1=C(CCC(=O)[O-])C2=CC3=NC(=CC4=C([O-])C(C)(C)C(=N4)C=c4[n-]c(c(C)c4C)=CC1=N2)C(C)=C3CCC(=O)[O-].[Fe+3].[H+]. The topological polar surface area (TPSA) is 154 Å². The predicted molar refractivity (Wildman–Crippen MR) is 152 cm³/mol. The number of rotatable bonds is 6. The second-order valence-electron chi connectivity index (χ2n) is 11.3. The van der Waals surface area contributed by atoms with Crippen molar-refractivity contribution in [1.29, 1.82) is 0 Å². The molecule has 42 heavy (non-hydrogen) atoms. The van der Waals surface area contributed by atoms with Crippen LogP contribution in [0.15, 0.2) is 72.3 Å². The summed E-state index contributed by atoms with van der Waals surface area (Å²) in [7, 11) is 0. The number of carbonyl (C=O) groups is 2. The van der Waals surface area contributed by atoms with Crippen molar-refractivity contribution >= 4 is 41.2 Å². The number of aromatic nitrogens is 1. The first-order valence-corrected chi connectivity index (χ1v) is 13.5. The van der Waals surface area contributed by atoms with Crippen LogP contribution in [0.1, 0.15) is 65.9 Å². The van der Waals surface area contributed by atoms with E-state index >= 15 is 0 Å². The van der Waals surface area contributed by atoms with Gasteiger partial charge in [-0.2, -0.15) is 0 Å². The number of aliphatic carboxylic acids is 2. The van der Waals surface area contributed by atoms with Crippen molar-refractivity contribution in [2.45, 2.75) is 67.2 Å². The average molecular weight is 607 g/mol. The molecule has 0 saturated carbocycles. The molecule has 0 amide bonds. The van der Waals surface area contributed by atoms with Gasteiger partial charge in [-0.1, -0.05) is 42.9 Å². The Morgan fingerprint density at radius 2 is 1.36 bits per heavy atom. The second kappa shape index (κ2) is 11.3. The van der Waals surface area contributed by atoms with Gasteiger partial charge in [0.25, 0.3) is 0 Å². The summed E-state index contributed by atoms with van der Waals surface area (Å²) >= 11 is 0. The van der Waals surface area contributed by atoms with Gasteiger partial charge in [0, 0.05) is 23.1 Å². The van der Waals surface area contributed by atoms with E-state index in [9.17, 15) is 24.9 Å². The number of carboxylic acid groups (broad SMARTS) is 2. The summed E-state index contributed by atoms with van der Waals surface area (Å²) in [6, 6.07) is 0. The van der Waals surface area contributed by atoms with Crippen LogP contribution in [0.5, 0.6) is 0 Å². The molecule has 0 aliphatic carbocycles. The predicted octanol–water partition coefficient (Wildman–Crippen LogP) is 0.368. The van der Waals surface area contributed by atoms with Gasteiger partial charge in [-0.05, 0) is 87.8 Å². The zero-order chi connectivity index (χ0) is 29.8. The molecule has 5 rings (SSSR count). The smallest absolute Gasteiger partial charge is 0.873 e. The summed E-state index contributed by atoms with van der Waals surface area (Å²) < 4.78 is 0. The maximum Gasteiger partial charge on any atom is 3.00 e. The van der Waals surface area contributed by atoms with Crippen molar-refractivity contribution in [3.8, 4) is 0 Å². The van der Waals surface area contributed by atoms with Crippen LogP contribution >= 0.6 is 0 Å². The fraction of sp³-hybridized carbons (Fsp3) is 0.344. The number of nitrogens with zero attached hydrogens (tertiary/aromatic N) is 4. The first-order chi connectivity index (χ1) is 19.3. The summed E-state index contributed by atoms with van der Waals surface area (Å²) in [5.41, 5.74) is 7.10. The summed E-state index contributed by atoms with van der Waals surface area (Å²) in [5, 5.41) is 37.6. The van der Waals surface area contributed by atoms with E-state index in [4.69, 9.17) is 20.0 Å². The number of allylic oxidation sites excluding steroid dienone is 7. The molecule has 0 aromatic carbocycles. The third-order valence-corrected chi connectivity index (χ3v) is 8.28. The van der Waals surface area contributed by atoms with E-state index in [-0.39, 0.29) is 55.6 Å². The molecule has 0 atom stereocenters. The van der Waals surface area contributed by atoms with Crippen molar-refractivity contribution in [3.63, 3.8) is 0 Å². The van der Waals surface area contributed by atoms with E-state index in [1.165, 1.54) is 0 Å². The monoisotopic (exact) mass is 607 g/mol. The van der Waals surface area contributed by atoms with Crippen LogP contribution in [-0.4, -0.2) is 29.1 Å². The number of aliphatic imine (C=N–C) groups is 3. The van der Waals surface area contributed by atoms with Gasteiger partial charge < -0.3 is 29.9 Å². The zero-order valence-electron chi connectivity index (χ0n) is 25.3. The largest absolute Gasteiger partial charge is 3.00 e. The van der Waals surface area contributed by atoms with Gasteiger partial charge >= 0.3 is 18.5 Å². The van der Waals surface area contributed by atoms with E-state index in [1.807, 2.05) is 53.7 Å². The van der Waals surface area contributed by atoms with Crippen LogP contribution < -0.4 is 31.0 Å². The third-order valence-electron chi connectivity index (χ3n) is 8.28. The van der Waals surface area contributed by atoms with E-state index < -0.39 is 17.4 Å². The van der Waals surface area contributed by atoms with E-state index in [2.05, 4.69) is 0 Å². The number of carboxylic acids is 2. The van der Waals surface area contributed by atoms with Crippen molar-refractivity contribution in [3.05, 3.63) is 79.1 Å². The first-order valence-electron chi connectivity index (χ1n) is 13.5. The average Bonchev–Trinajstić information content (AvgIpc) is 3.51. The van der Waals surface area contributed by atoms with Crippen molar-refractivity contribution in [2.24, 2.45) is 20.4 Å². The minimum absolute atomic E-state index is 0. The Hall–Kier alpha value is -4.01. The Balaban J connectivity index is 0.00000253. The molecule has 1 aromatic heterocycles. The quantitative estimate of drug-likeness (QED) is 0.426. The van der Waals surface area contributed by atoms with Crippen molar-refractivity contribution in [2.75, 3.05) is 0 Å². The molecule has 0 saturated heterocycles. The van der Waals surface area contributed by atoms with Gasteiger partial charge in [0.2, 0.25) is 0 Å². The molecule has 9 nitrogen and oxygen atoms in total. The molecule has 0 unspecified atom stereocenters. The van der Waals surface area contributed by atoms with Gasteiger partial charge in [0.1, 0.15) is 0 Å². The number of hydrogen-bond donors (Lipinski definition) is 0. The number of carbonyl (C=O) groups excluding carboxylic acids is 2. The molecule has 4 aliphatic rings. The molecule has 1 aromatic rings. The standard InChI is InChI=1S/C32H34N4O5.Fe/c1-15-16(2)24-14-28-32(5,6)31(41)27(36-28)12-23-18(4)20(8-10-30(39)40)26(35-23)13-25-19(7-9-29(37)38)17(3)22(34-25)11-21(15)33-24;/h11-14H,7-10H2,1-6H3,(H4,33,34,35,36,37,38,39,40,41);/q;+3/p-3. The fourth-order valence-corrected chi connectivity index (χ4v) is 5.41. The van der Waals surface area contributed by atoms with Crippen molar-refractivity contribution in [1.82, 2.24) is 4.98 Å². The minimum atomic E-state index is -1.19. The molecule has 217 valence electrons. The van der Waals surface area contributed by atoms with E-state index in [0.29, 0.717) is 39.5 Å². The van der Waals surface area contributed by atoms with Gasteiger partial charge in [-0.25, -0.2) is 9.98 Å². The molecule has 1 radical (unpaired) electrons. The summed E-state index contributed by atoms with van der Waals surface area (Å²) in [6.07, 6.45) is 7.12. The van der Waals surface area contributed by atoms with Crippen LogP contribution in [0.4, 0.5) is 0 Å². The van der Waals surface area contributed by atoms with Crippen molar-refractivity contribution < 1.29 is 43.4 Å². The second-order valence-corrected chi connectivity index (χ2v) is 11.3. The Kier molecular flexibility index (Phi) is 8.36. The van der Waals surface area contributed by atoms with Gasteiger partial charge in [0.15, 0.2) is 0 Å². The fourth-order valence-electron chi connectivity index (χ4n) is 5.41. The Morgan fingerprint density at radius 1 is 0.786 bits per heavy atom. The number of hydrogen-bond acceptors (Lipinski definition) is 8. The Morgan fingerprint density at radius 3 is 1.98 bits per heavy atom. The normalized spacial score (nSPS) is 19.0. The maximum absolute atomic E-state index is 13.5. The summed E-state index contributed by atoms with van der Waals surface area (Å²) in [4.78, 5) is 41.9. The van der Waals surface area contributed by atoms with Crippen LogP contribution in [0.25, 0.3) is 12.2 Å². The Bertz CT molecular complexity index is 1810. The third kappa shape index (κ3) is 5.44. The summed E-state index contributed by atoms with van der Waals surface area (Å²) in [6.45, 7) is 11.3. The molecule has 0 spiro atoms. The van der Waals surface area contributed by atoms with Crippen LogP contribution in [0.3, 0.4) is 0 Å². The first kappa shape index (κ1) is 30.9. The molecule has 8 bridgehead atoms.